The molecule has 1 aliphatic heterocycles. The Balaban J connectivity index is 1.37. The number of carbonyl (C=O) groups is 1. The molecule has 0 saturated carbocycles. The molecule has 3 heterocycles. The standard InChI is InChI=1S/C27H39N7O2/c1-6-36-17-23-31-24-25(18(2)19(3)29-26(24)28)34(23)16-13-20-11-14-33(15-12-20)27(35)30-21-7-9-22(10-8-21)32(4)5/h7-10,20H,6,11-17H2,1-5H3,(H2,28,29)(H,30,35). The number of aromatic nitrogens is 3. The maximum absolute atomic E-state index is 12.8. The van der Waals surface area contributed by atoms with Crippen molar-refractivity contribution in [3.8, 4) is 0 Å². The first-order valence-electron chi connectivity index (χ1n) is 12.8. The summed E-state index contributed by atoms with van der Waals surface area (Å²) in [5.74, 6) is 1.91. The molecule has 4 rings (SSSR count). The molecule has 0 radical (unpaired) electrons. The monoisotopic (exact) mass is 493 g/mol. The Morgan fingerprint density at radius 3 is 2.50 bits per heavy atom. The number of imidazole rings is 1. The van der Waals surface area contributed by atoms with Gasteiger partial charge in [0.05, 0.1) is 5.52 Å². The summed E-state index contributed by atoms with van der Waals surface area (Å²) in [5, 5.41) is 3.04. The summed E-state index contributed by atoms with van der Waals surface area (Å²) in [5.41, 5.74) is 12.0. The van der Waals surface area contributed by atoms with Crippen LogP contribution in [0.2, 0.25) is 0 Å². The van der Waals surface area contributed by atoms with Gasteiger partial charge in [0, 0.05) is 57.4 Å². The van der Waals surface area contributed by atoms with E-state index in [-0.39, 0.29) is 6.03 Å². The van der Waals surface area contributed by atoms with Crippen LogP contribution in [0.25, 0.3) is 11.0 Å². The number of nitrogens with two attached hydrogens (primary N) is 1. The third-order valence-electron chi connectivity index (χ3n) is 7.21. The van der Waals surface area contributed by atoms with Gasteiger partial charge in [-0.3, -0.25) is 0 Å². The highest BCUT2D eigenvalue weighted by Crippen LogP contribution is 2.29. The van der Waals surface area contributed by atoms with Crippen LogP contribution in [0.15, 0.2) is 24.3 Å². The lowest BCUT2D eigenvalue weighted by molar-refractivity contribution is 0.125. The van der Waals surface area contributed by atoms with E-state index in [1.807, 2.05) is 62.0 Å². The molecule has 2 amide bonds. The van der Waals surface area contributed by atoms with E-state index in [1.54, 1.807) is 0 Å². The molecule has 3 aromatic rings. The van der Waals surface area contributed by atoms with Gasteiger partial charge in [0.25, 0.3) is 0 Å². The van der Waals surface area contributed by atoms with Gasteiger partial charge in [0.2, 0.25) is 0 Å². The molecule has 0 atom stereocenters. The Hall–Kier alpha value is -3.33. The molecule has 0 bridgehead atoms. The molecule has 2 aromatic heterocycles. The third kappa shape index (κ3) is 5.56. The fourth-order valence-electron chi connectivity index (χ4n) is 4.87. The summed E-state index contributed by atoms with van der Waals surface area (Å²) in [4.78, 5) is 26.0. The maximum Gasteiger partial charge on any atom is 0.321 e. The maximum atomic E-state index is 12.8. The minimum Gasteiger partial charge on any atom is -0.382 e. The number of carbonyl (C=O) groups excluding carboxylic acids is 1. The van der Waals surface area contributed by atoms with Crippen molar-refractivity contribution in [2.45, 2.75) is 53.2 Å². The fraction of sp³-hybridized carbons (Fsp3) is 0.519. The first-order valence-corrected chi connectivity index (χ1v) is 12.8. The number of nitrogens with zero attached hydrogens (tertiary/aromatic N) is 5. The number of amides is 2. The number of ether oxygens (including phenoxy) is 1. The molecule has 36 heavy (non-hydrogen) atoms. The van der Waals surface area contributed by atoms with E-state index in [4.69, 9.17) is 15.5 Å². The normalized spacial score (nSPS) is 14.4. The van der Waals surface area contributed by atoms with E-state index in [1.165, 1.54) is 0 Å². The average molecular weight is 494 g/mol. The van der Waals surface area contributed by atoms with Gasteiger partial charge in [-0.05, 0) is 75.8 Å². The number of aryl methyl sites for hydroxylation is 3. The number of pyridine rings is 1. The second-order valence-electron chi connectivity index (χ2n) is 9.81. The quantitative estimate of drug-likeness (QED) is 0.477. The van der Waals surface area contributed by atoms with Crippen molar-refractivity contribution >= 4 is 34.3 Å². The molecule has 1 saturated heterocycles. The molecule has 9 heteroatoms. The van der Waals surface area contributed by atoms with Crippen LogP contribution in [0.3, 0.4) is 0 Å². The number of fused-ring (bicyclic) bond motifs is 1. The smallest absolute Gasteiger partial charge is 0.321 e. The molecule has 1 fully saturated rings. The molecule has 194 valence electrons. The van der Waals surface area contributed by atoms with Crippen LogP contribution in [0, 0.1) is 19.8 Å². The summed E-state index contributed by atoms with van der Waals surface area (Å²) in [7, 11) is 4.00. The Labute approximate surface area is 213 Å². The lowest BCUT2D eigenvalue weighted by Crippen LogP contribution is -2.41. The number of urea groups is 1. The lowest BCUT2D eigenvalue weighted by Gasteiger charge is -2.32. The zero-order chi connectivity index (χ0) is 25.8. The van der Waals surface area contributed by atoms with Crippen LogP contribution in [0.1, 0.15) is 43.3 Å². The first-order chi connectivity index (χ1) is 17.3. The van der Waals surface area contributed by atoms with Gasteiger partial charge in [-0.15, -0.1) is 0 Å². The summed E-state index contributed by atoms with van der Waals surface area (Å²) in [6.07, 6.45) is 3.00. The Morgan fingerprint density at radius 2 is 1.86 bits per heavy atom. The topological polar surface area (TPSA) is 102 Å². The van der Waals surface area contributed by atoms with Crippen molar-refractivity contribution in [3.05, 3.63) is 41.3 Å². The van der Waals surface area contributed by atoms with Crippen LogP contribution < -0.4 is 16.0 Å². The SMILES string of the molecule is CCOCc1nc2c(N)nc(C)c(C)c2n1CCC1CCN(C(=O)Nc2ccc(N(C)C)cc2)CC1. The van der Waals surface area contributed by atoms with Gasteiger partial charge >= 0.3 is 6.03 Å². The molecule has 3 N–H and O–H groups in total. The molecule has 9 nitrogen and oxygen atoms in total. The van der Waals surface area contributed by atoms with E-state index >= 15 is 0 Å². The number of likely N-dealkylation sites (tertiary alicyclic amines) is 1. The highest BCUT2D eigenvalue weighted by atomic mass is 16.5. The van der Waals surface area contributed by atoms with Gasteiger partial charge in [-0.1, -0.05) is 0 Å². The minimum atomic E-state index is -0.0280. The number of anilines is 3. The lowest BCUT2D eigenvalue weighted by atomic mass is 9.93. The van der Waals surface area contributed by atoms with Crippen molar-refractivity contribution in [1.29, 1.82) is 0 Å². The van der Waals surface area contributed by atoms with E-state index in [0.717, 1.165) is 78.4 Å². The molecule has 1 aromatic carbocycles. The van der Waals surface area contributed by atoms with Crippen molar-refractivity contribution in [2.24, 2.45) is 5.92 Å². The number of piperidine rings is 1. The summed E-state index contributed by atoms with van der Waals surface area (Å²) in [6, 6.07) is 7.88. The number of nitrogen functional groups attached to an aromatic ring is 1. The van der Waals surface area contributed by atoms with Gasteiger partial charge in [-0.25, -0.2) is 14.8 Å². The minimum absolute atomic E-state index is 0.0280. The molecule has 1 aliphatic rings. The molecule has 0 aliphatic carbocycles. The average Bonchev–Trinajstić information content (AvgIpc) is 3.24. The van der Waals surface area contributed by atoms with Crippen LogP contribution in [0.4, 0.5) is 22.0 Å². The number of hydrogen-bond acceptors (Lipinski definition) is 6. The molecule has 0 unspecified atom stereocenters. The van der Waals surface area contributed by atoms with Gasteiger partial charge in [-0.2, -0.15) is 0 Å². The number of rotatable bonds is 8. The number of hydrogen-bond donors (Lipinski definition) is 2. The van der Waals surface area contributed by atoms with E-state index in [0.29, 0.717) is 24.9 Å². The van der Waals surface area contributed by atoms with E-state index in [9.17, 15) is 4.79 Å². The summed E-state index contributed by atoms with van der Waals surface area (Å²) < 4.78 is 7.97. The van der Waals surface area contributed by atoms with Crippen LogP contribution in [-0.4, -0.2) is 59.3 Å². The van der Waals surface area contributed by atoms with Crippen LogP contribution >= 0.6 is 0 Å². The van der Waals surface area contributed by atoms with Crippen molar-refractivity contribution in [2.75, 3.05) is 49.7 Å². The fourth-order valence-corrected chi connectivity index (χ4v) is 4.87. The second kappa shape index (κ2) is 11.2. The molecular formula is C27H39N7O2. The van der Waals surface area contributed by atoms with Crippen molar-refractivity contribution in [1.82, 2.24) is 19.4 Å². The first kappa shape index (κ1) is 25.8. The summed E-state index contributed by atoms with van der Waals surface area (Å²) >= 11 is 0. The van der Waals surface area contributed by atoms with Gasteiger partial charge in [0.1, 0.15) is 17.9 Å². The highest BCUT2D eigenvalue weighted by Gasteiger charge is 2.24. The Morgan fingerprint density at radius 1 is 1.17 bits per heavy atom. The van der Waals surface area contributed by atoms with Gasteiger partial charge in [0.15, 0.2) is 5.82 Å². The zero-order valence-electron chi connectivity index (χ0n) is 22.2. The molecular weight excluding hydrogens is 454 g/mol. The van der Waals surface area contributed by atoms with Crippen LogP contribution in [0.5, 0.6) is 0 Å². The van der Waals surface area contributed by atoms with E-state index in [2.05, 4.69) is 21.8 Å². The van der Waals surface area contributed by atoms with E-state index < -0.39 is 0 Å². The third-order valence-corrected chi connectivity index (χ3v) is 7.21. The number of benzene rings is 1. The summed E-state index contributed by atoms with van der Waals surface area (Å²) in [6.45, 7) is 9.51. The van der Waals surface area contributed by atoms with Crippen molar-refractivity contribution < 1.29 is 9.53 Å². The second-order valence-corrected chi connectivity index (χ2v) is 9.81. The highest BCUT2D eigenvalue weighted by molar-refractivity contribution is 5.90. The number of nitrogens with one attached hydrogen (secondary N) is 1. The van der Waals surface area contributed by atoms with Crippen molar-refractivity contribution in [3.63, 3.8) is 0 Å². The van der Waals surface area contributed by atoms with Crippen LogP contribution in [-0.2, 0) is 17.9 Å². The Kier molecular flexibility index (Phi) is 7.98. The Bertz CT molecular complexity index is 1200. The largest absolute Gasteiger partial charge is 0.382 e. The van der Waals surface area contributed by atoms with Gasteiger partial charge < -0.3 is 30.2 Å². The molecule has 0 spiro atoms. The predicted octanol–water partition coefficient (Wildman–Crippen LogP) is 4.57. The zero-order valence-corrected chi connectivity index (χ0v) is 22.2. The predicted molar refractivity (Wildman–Crippen MR) is 145 cm³/mol.